The minimum Gasteiger partial charge on any atom is -0.356 e. The summed E-state index contributed by atoms with van der Waals surface area (Å²) in [7, 11) is 17.4. The fourth-order valence-electron chi connectivity index (χ4n) is 11.2. The molecule has 2 fully saturated rings. The van der Waals surface area contributed by atoms with Crippen LogP contribution in [0.25, 0.3) is 0 Å². The van der Waals surface area contributed by atoms with Gasteiger partial charge in [-0.3, -0.25) is 9.59 Å². The highest BCUT2D eigenvalue weighted by atomic mass is 32.2. The zero-order valence-corrected chi connectivity index (χ0v) is 54.1. The van der Waals surface area contributed by atoms with E-state index in [-0.39, 0.29) is 11.8 Å². The van der Waals surface area contributed by atoms with Crippen molar-refractivity contribution in [3.8, 4) is 0 Å². The van der Waals surface area contributed by atoms with Crippen molar-refractivity contribution in [3.63, 3.8) is 0 Å². The topological polar surface area (TPSA) is 71.2 Å². The number of nitrogens with zero attached hydrogens (tertiary/aromatic N) is 4. The Morgan fingerprint density at radius 3 is 0.986 bits per heavy atom. The molecule has 438 valence electrons. The molecule has 2 N–H and O–H groups in total. The zero-order valence-electron chi connectivity index (χ0n) is 50.9. The second-order valence-corrected chi connectivity index (χ2v) is 30.4. The first-order chi connectivity index (χ1) is 35.6. The van der Waals surface area contributed by atoms with Gasteiger partial charge in [-0.05, 0) is 157 Å². The Kier molecular flexibility index (Phi) is 42.6. The second kappa shape index (κ2) is 44.9. The minimum absolute atomic E-state index is 0.199. The molecule has 8 atom stereocenters. The molecule has 2 aliphatic carbocycles. The van der Waals surface area contributed by atoms with Gasteiger partial charge in [-0.25, -0.2) is 0 Å². The second-order valence-electron chi connectivity index (χ2n) is 25.0. The van der Waals surface area contributed by atoms with Crippen LogP contribution in [0.15, 0.2) is 0 Å². The van der Waals surface area contributed by atoms with Crippen molar-refractivity contribution in [2.24, 2.45) is 35.5 Å². The number of rotatable bonds is 47. The van der Waals surface area contributed by atoms with Gasteiger partial charge in [0.2, 0.25) is 11.8 Å². The summed E-state index contributed by atoms with van der Waals surface area (Å²) in [6.45, 7) is 15.9. The molecule has 2 saturated carbocycles. The molecule has 0 aliphatic heterocycles. The Morgan fingerprint density at radius 1 is 0.419 bits per heavy atom. The highest BCUT2D eigenvalue weighted by Gasteiger charge is 2.36. The number of carbonyl (C=O) groups excluding carboxylic acids is 2. The van der Waals surface area contributed by atoms with Gasteiger partial charge in [-0.15, -0.1) is 0 Å². The summed E-state index contributed by atoms with van der Waals surface area (Å²) in [4.78, 5) is 35.9. The Morgan fingerprint density at radius 2 is 0.703 bits per heavy atom. The first-order valence-electron chi connectivity index (χ1n) is 31.2. The average molecular weight is 1110 g/mol. The summed E-state index contributed by atoms with van der Waals surface area (Å²) in [5.41, 5.74) is 0. The first-order valence-corrected chi connectivity index (χ1v) is 35.4. The summed E-state index contributed by atoms with van der Waals surface area (Å²) in [6.07, 6.45) is 35.9. The van der Waals surface area contributed by atoms with E-state index in [2.05, 4.69) is 161 Å². The number of unbranched alkanes of at least 4 members (excludes halogenated alkanes) is 17. The van der Waals surface area contributed by atoms with Gasteiger partial charge in [0.15, 0.2) is 0 Å². The van der Waals surface area contributed by atoms with Gasteiger partial charge >= 0.3 is 0 Å². The van der Waals surface area contributed by atoms with Crippen molar-refractivity contribution in [3.05, 3.63) is 0 Å². The molecule has 0 aromatic rings. The van der Waals surface area contributed by atoms with E-state index in [0.29, 0.717) is 34.2 Å². The molecular formula is C62H124N6O2S4. The number of amides is 2. The van der Waals surface area contributed by atoms with E-state index in [1.165, 1.54) is 153 Å². The molecule has 2 rings (SSSR count). The molecular weight excluding hydrogens is 989 g/mol. The highest BCUT2D eigenvalue weighted by Crippen LogP contribution is 2.42. The van der Waals surface area contributed by atoms with E-state index in [4.69, 9.17) is 0 Å². The number of thioether (sulfide) groups is 4. The van der Waals surface area contributed by atoms with Gasteiger partial charge in [0.05, 0.1) is 0 Å². The van der Waals surface area contributed by atoms with E-state index < -0.39 is 0 Å². The van der Waals surface area contributed by atoms with Crippen molar-refractivity contribution < 1.29 is 9.59 Å². The van der Waals surface area contributed by atoms with Crippen molar-refractivity contribution in [2.45, 2.75) is 228 Å². The SMILES string of the molecule is CC(C)C(CCC1CCC(C(=O)NCCCCCCCCCCCCCCCCCCCCNC(=O)C2CCC(CCC(SCCN(C)C)C(C)C)C(SCCN(C)C)C2)CC1SCCN(C)C)SCCN(C)C. The van der Waals surface area contributed by atoms with E-state index in [9.17, 15) is 9.59 Å². The minimum atomic E-state index is 0.199. The van der Waals surface area contributed by atoms with Crippen molar-refractivity contribution >= 4 is 58.9 Å². The van der Waals surface area contributed by atoms with Crippen LogP contribution in [-0.4, -0.2) is 171 Å². The maximum Gasteiger partial charge on any atom is 0.223 e. The van der Waals surface area contributed by atoms with Gasteiger partial charge in [0.1, 0.15) is 0 Å². The maximum absolute atomic E-state index is 13.4. The largest absolute Gasteiger partial charge is 0.356 e. The molecule has 0 spiro atoms. The molecule has 8 unspecified atom stereocenters. The van der Waals surface area contributed by atoms with Gasteiger partial charge < -0.3 is 30.2 Å². The van der Waals surface area contributed by atoms with Gasteiger partial charge in [0, 0.05) is 95.1 Å². The molecule has 2 amide bonds. The number of hydrogen-bond acceptors (Lipinski definition) is 10. The lowest BCUT2D eigenvalue weighted by molar-refractivity contribution is -0.126. The van der Waals surface area contributed by atoms with Gasteiger partial charge in [0.25, 0.3) is 0 Å². The average Bonchev–Trinajstić information content (AvgIpc) is 3.34. The Hall–Kier alpha value is 0.180. The van der Waals surface area contributed by atoms with Crippen LogP contribution >= 0.6 is 47.0 Å². The Balaban J connectivity index is 1.45. The molecule has 0 aromatic heterocycles. The van der Waals surface area contributed by atoms with Crippen LogP contribution in [0.4, 0.5) is 0 Å². The Bertz CT molecular complexity index is 1240. The Labute approximate surface area is 478 Å². The monoisotopic (exact) mass is 1110 g/mol. The van der Waals surface area contributed by atoms with Crippen molar-refractivity contribution in [2.75, 3.05) is 119 Å². The van der Waals surface area contributed by atoms with Crippen molar-refractivity contribution in [1.29, 1.82) is 0 Å². The van der Waals surface area contributed by atoms with Crippen LogP contribution < -0.4 is 10.6 Å². The van der Waals surface area contributed by atoms with Crippen LogP contribution in [0.5, 0.6) is 0 Å². The summed E-state index contributed by atoms with van der Waals surface area (Å²) < 4.78 is 0. The fraction of sp³-hybridized carbons (Fsp3) is 0.968. The molecule has 0 aromatic carbocycles. The van der Waals surface area contributed by atoms with Crippen LogP contribution in [0.3, 0.4) is 0 Å². The lowest BCUT2D eigenvalue weighted by Crippen LogP contribution is -2.38. The quantitative estimate of drug-likeness (QED) is 0.0576. The summed E-state index contributed by atoms with van der Waals surface area (Å²) in [6, 6.07) is 0. The molecule has 0 saturated heterocycles. The molecule has 8 nitrogen and oxygen atoms in total. The predicted molar refractivity (Wildman–Crippen MR) is 338 cm³/mol. The zero-order chi connectivity index (χ0) is 54.4. The third-order valence-corrected chi connectivity index (χ3v) is 22.5. The highest BCUT2D eigenvalue weighted by molar-refractivity contribution is 8.00. The summed E-state index contributed by atoms with van der Waals surface area (Å²) in [5.74, 6) is 8.75. The first kappa shape index (κ1) is 70.3. The van der Waals surface area contributed by atoms with E-state index in [0.717, 1.165) is 112 Å². The van der Waals surface area contributed by atoms with Crippen molar-refractivity contribution in [1.82, 2.24) is 30.2 Å². The molecule has 0 heterocycles. The summed E-state index contributed by atoms with van der Waals surface area (Å²) in [5, 5.41) is 9.44. The third kappa shape index (κ3) is 35.7. The van der Waals surface area contributed by atoms with Crippen LogP contribution in [-0.2, 0) is 9.59 Å². The molecule has 2 aliphatic rings. The lowest BCUT2D eigenvalue weighted by Gasteiger charge is -2.36. The number of carbonyl (C=O) groups is 2. The van der Waals surface area contributed by atoms with Gasteiger partial charge in [-0.2, -0.15) is 47.0 Å². The van der Waals surface area contributed by atoms with E-state index in [1.54, 1.807) is 0 Å². The molecule has 12 heteroatoms. The standard InChI is InChI=1S/C62H124N6O2S4/c1-51(2)57(71-45-41-65(5)6)37-35-53-31-33-55(49-59(53)73-47-43-67(9)10)61(69)63-39-29-27-25-23-21-19-17-15-13-14-16-18-20-22-24-26-28-30-40-64-62(70)56-34-32-54(60(50-56)74-48-44-68(11)12)36-38-58(52(3)4)72-46-42-66(7)8/h51-60H,13-50H2,1-12H3,(H,63,69)(H,64,70). The van der Waals surface area contributed by atoms with Crippen LogP contribution in [0.1, 0.15) is 207 Å². The van der Waals surface area contributed by atoms with E-state index >= 15 is 0 Å². The van der Waals surface area contributed by atoms with Crippen LogP contribution in [0, 0.1) is 35.5 Å². The number of nitrogens with one attached hydrogen (secondary N) is 2. The molecule has 0 radical (unpaired) electrons. The smallest absolute Gasteiger partial charge is 0.223 e. The third-order valence-electron chi connectivity index (χ3n) is 16.4. The fourth-order valence-corrected chi connectivity index (χ4v) is 17.5. The van der Waals surface area contributed by atoms with Crippen LogP contribution in [0.2, 0.25) is 0 Å². The van der Waals surface area contributed by atoms with Gasteiger partial charge in [-0.1, -0.05) is 130 Å². The van der Waals surface area contributed by atoms with E-state index in [1.807, 2.05) is 0 Å². The molecule has 0 bridgehead atoms. The lowest BCUT2D eigenvalue weighted by atomic mass is 9.78. The summed E-state index contributed by atoms with van der Waals surface area (Å²) >= 11 is 8.66. The number of hydrogen-bond donors (Lipinski definition) is 2. The maximum atomic E-state index is 13.4. The molecule has 74 heavy (non-hydrogen) atoms. The predicted octanol–water partition coefficient (Wildman–Crippen LogP) is 14.6. The normalized spacial score (nSPS) is 21.4.